The highest BCUT2D eigenvalue weighted by Crippen LogP contribution is 2.27. The Bertz CT molecular complexity index is 800. The molecule has 5 heteroatoms. The molecule has 1 heterocycles. The summed E-state index contributed by atoms with van der Waals surface area (Å²) >= 11 is 0. The molecule has 0 aromatic heterocycles. The van der Waals surface area contributed by atoms with Crippen LogP contribution in [0, 0.1) is 5.92 Å². The van der Waals surface area contributed by atoms with Crippen molar-refractivity contribution in [3.05, 3.63) is 60.2 Å². The van der Waals surface area contributed by atoms with Gasteiger partial charge in [0.05, 0.1) is 13.0 Å². The predicted molar refractivity (Wildman–Crippen MR) is 106 cm³/mol. The molecule has 0 aliphatic carbocycles. The Balaban J connectivity index is 1.60. The maximum atomic E-state index is 12.6. The van der Waals surface area contributed by atoms with Gasteiger partial charge in [-0.15, -0.1) is 0 Å². The van der Waals surface area contributed by atoms with Crippen LogP contribution < -0.4 is 15.0 Å². The average molecular weight is 366 g/mol. The zero-order valence-electron chi connectivity index (χ0n) is 16.1. The van der Waals surface area contributed by atoms with Gasteiger partial charge < -0.3 is 15.0 Å². The highest BCUT2D eigenvalue weighted by Gasteiger charge is 2.35. The molecule has 0 radical (unpaired) electrons. The maximum Gasteiger partial charge on any atom is 0.227 e. The fourth-order valence-corrected chi connectivity index (χ4v) is 3.34. The highest BCUT2D eigenvalue weighted by molar-refractivity contribution is 6.00. The van der Waals surface area contributed by atoms with E-state index in [-0.39, 0.29) is 29.6 Å². The number of nitrogens with one attached hydrogen (secondary N) is 1. The van der Waals surface area contributed by atoms with Crippen molar-refractivity contribution in [2.24, 2.45) is 5.92 Å². The van der Waals surface area contributed by atoms with Gasteiger partial charge in [-0.25, -0.2) is 0 Å². The van der Waals surface area contributed by atoms with Gasteiger partial charge in [-0.2, -0.15) is 0 Å². The Kier molecular flexibility index (Phi) is 5.49. The molecule has 1 aliphatic heterocycles. The first-order chi connectivity index (χ1) is 12.9. The molecule has 5 nitrogen and oxygen atoms in total. The largest absolute Gasteiger partial charge is 0.497 e. The minimum Gasteiger partial charge on any atom is -0.497 e. The summed E-state index contributed by atoms with van der Waals surface area (Å²) in [5.74, 6) is 0.319. The minimum atomic E-state index is -0.328. The quantitative estimate of drug-likeness (QED) is 0.854. The molecule has 0 bridgehead atoms. The molecule has 1 atom stereocenters. The number of hydrogen-bond acceptors (Lipinski definition) is 3. The van der Waals surface area contributed by atoms with Gasteiger partial charge in [0, 0.05) is 30.6 Å². The van der Waals surface area contributed by atoms with Gasteiger partial charge in [-0.05, 0) is 29.8 Å². The van der Waals surface area contributed by atoms with Crippen LogP contribution in [-0.2, 0) is 15.0 Å². The Morgan fingerprint density at radius 1 is 1.15 bits per heavy atom. The van der Waals surface area contributed by atoms with E-state index in [1.165, 1.54) is 5.56 Å². The lowest BCUT2D eigenvalue weighted by atomic mass is 9.84. The fourth-order valence-electron chi connectivity index (χ4n) is 3.34. The standard InChI is InChI=1S/C22H26N2O3/c1-22(2,17-7-5-4-6-8-17)15-23-21(26)16-13-20(25)24(14-16)18-9-11-19(27-3)12-10-18/h4-12,16H,13-15H2,1-3H3,(H,23,26). The number of carbonyl (C=O) groups excluding carboxylic acids is 2. The average Bonchev–Trinajstić information content (AvgIpc) is 3.08. The molecule has 142 valence electrons. The molecule has 3 rings (SSSR count). The van der Waals surface area contributed by atoms with Crippen LogP contribution >= 0.6 is 0 Å². The second kappa shape index (κ2) is 7.82. The third-order valence-electron chi connectivity index (χ3n) is 5.14. The smallest absolute Gasteiger partial charge is 0.227 e. The summed E-state index contributed by atoms with van der Waals surface area (Å²) in [6.07, 6.45) is 0.240. The molecule has 27 heavy (non-hydrogen) atoms. The first kappa shape index (κ1) is 19.0. The molecule has 1 fully saturated rings. The third-order valence-corrected chi connectivity index (χ3v) is 5.14. The topological polar surface area (TPSA) is 58.6 Å². The van der Waals surface area contributed by atoms with Crippen molar-refractivity contribution < 1.29 is 14.3 Å². The fraction of sp³-hybridized carbons (Fsp3) is 0.364. The van der Waals surface area contributed by atoms with Gasteiger partial charge in [0.15, 0.2) is 0 Å². The number of ether oxygens (including phenoxy) is 1. The van der Waals surface area contributed by atoms with Gasteiger partial charge >= 0.3 is 0 Å². The van der Waals surface area contributed by atoms with E-state index in [0.29, 0.717) is 13.1 Å². The molecule has 2 aromatic carbocycles. The summed E-state index contributed by atoms with van der Waals surface area (Å²) in [5.41, 5.74) is 1.79. The van der Waals surface area contributed by atoms with Crippen molar-refractivity contribution in [2.45, 2.75) is 25.7 Å². The van der Waals surface area contributed by atoms with E-state index in [4.69, 9.17) is 4.74 Å². The Morgan fingerprint density at radius 2 is 1.81 bits per heavy atom. The number of carbonyl (C=O) groups is 2. The van der Waals surface area contributed by atoms with Crippen molar-refractivity contribution in [2.75, 3.05) is 25.1 Å². The molecule has 0 saturated carbocycles. The van der Waals surface area contributed by atoms with Crippen molar-refractivity contribution >= 4 is 17.5 Å². The second-order valence-electron chi connectivity index (χ2n) is 7.57. The molecular formula is C22H26N2O3. The minimum absolute atomic E-state index is 0.0253. The summed E-state index contributed by atoms with van der Waals surface area (Å²) < 4.78 is 5.15. The summed E-state index contributed by atoms with van der Waals surface area (Å²) in [7, 11) is 1.60. The summed E-state index contributed by atoms with van der Waals surface area (Å²) in [6, 6.07) is 17.4. The Hall–Kier alpha value is -2.82. The number of amides is 2. The molecule has 2 aromatic rings. The number of anilines is 1. The lowest BCUT2D eigenvalue weighted by Crippen LogP contribution is -2.40. The molecule has 1 unspecified atom stereocenters. The van der Waals surface area contributed by atoms with Gasteiger partial charge in [0.1, 0.15) is 5.75 Å². The summed E-state index contributed by atoms with van der Waals surface area (Å²) in [5, 5.41) is 3.04. The van der Waals surface area contributed by atoms with Crippen molar-refractivity contribution in [3.63, 3.8) is 0 Å². The highest BCUT2D eigenvalue weighted by atomic mass is 16.5. The normalized spacial score (nSPS) is 17.1. The molecule has 1 saturated heterocycles. The van der Waals surface area contributed by atoms with Crippen LogP contribution in [0.15, 0.2) is 54.6 Å². The zero-order valence-corrected chi connectivity index (χ0v) is 16.1. The predicted octanol–water partition coefficient (Wildman–Crippen LogP) is 3.14. The summed E-state index contributed by atoms with van der Waals surface area (Å²) in [6.45, 7) is 5.14. The van der Waals surface area contributed by atoms with Crippen molar-refractivity contribution in [1.82, 2.24) is 5.32 Å². The molecule has 2 amide bonds. The summed E-state index contributed by atoms with van der Waals surface area (Å²) in [4.78, 5) is 26.7. The third kappa shape index (κ3) is 4.30. The lowest BCUT2D eigenvalue weighted by molar-refractivity contribution is -0.126. The van der Waals surface area contributed by atoms with E-state index in [1.54, 1.807) is 12.0 Å². The maximum absolute atomic E-state index is 12.6. The van der Waals surface area contributed by atoms with Gasteiger partial charge in [-0.1, -0.05) is 44.2 Å². The zero-order chi connectivity index (χ0) is 19.4. The van der Waals surface area contributed by atoms with E-state index in [0.717, 1.165) is 11.4 Å². The first-order valence-corrected chi connectivity index (χ1v) is 9.18. The molecular weight excluding hydrogens is 340 g/mol. The number of benzene rings is 2. The first-order valence-electron chi connectivity index (χ1n) is 9.18. The SMILES string of the molecule is COc1ccc(N2CC(C(=O)NCC(C)(C)c3ccccc3)CC2=O)cc1. The van der Waals surface area contributed by atoms with E-state index < -0.39 is 0 Å². The Labute approximate surface area is 160 Å². The van der Waals surface area contributed by atoms with Crippen LogP contribution in [0.4, 0.5) is 5.69 Å². The molecule has 1 N–H and O–H groups in total. The van der Waals surface area contributed by atoms with Gasteiger partial charge in [-0.3, -0.25) is 9.59 Å². The van der Waals surface area contributed by atoms with Gasteiger partial charge in [0.25, 0.3) is 0 Å². The van der Waals surface area contributed by atoms with Crippen molar-refractivity contribution in [3.8, 4) is 5.75 Å². The van der Waals surface area contributed by atoms with Crippen LogP contribution in [0.3, 0.4) is 0 Å². The Morgan fingerprint density at radius 3 is 2.44 bits per heavy atom. The molecule has 1 aliphatic rings. The monoisotopic (exact) mass is 366 g/mol. The van der Waals surface area contributed by atoms with E-state index in [1.807, 2.05) is 42.5 Å². The van der Waals surface area contributed by atoms with Crippen LogP contribution in [-0.4, -0.2) is 32.0 Å². The van der Waals surface area contributed by atoms with Gasteiger partial charge in [0.2, 0.25) is 11.8 Å². The van der Waals surface area contributed by atoms with Crippen LogP contribution in [0.1, 0.15) is 25.8 Å². The van der Waals surface area contributed by atoms with Crippen molar-refractivity contribution in [1.29, 1.82) is 0 Å². The van der Waals surface area contributed by atoms with E-state index >= 15 is 0 Å². The lowest BCUT2D eigenvalue weighted by Gasteiger charge is -2.26. The van der Waals surface area contributed by atoms with Crippen LogP contribution in [0.25, 0.3) is 0 Å². The van der Waals surface area contributed by atoms with Crippen LogP contribution in [0.5, 0.6) is 5.75 Å². The number of methoxy groups -OCH3 is 1. The van der Waals surface area contributed by atoms with E-state index in [2.05, 4.69) is 31.3 Å². The van der Waals surface area contributed by atoms with E-state index in [9.17, 15) is 9.59 Å². The number of nitrogens with zero attached hydrogens (tertiary/aromatic N) is 1. The number of rotatable bonds is 6. The second-order valence-corrected chi connectivity index (χ2v) is 7.57. The van der Waals surface area contributed by atoms with Crippen LogP contribution in [0.2, 0.25) is 0 Å². The number of hydrogen-bond donors (Lipinski definition) is 1. The molecule has 0 spiro atoms.